The van der Waals surface area contributed by atoms with Gasteiger partial charge in [0.2, 0.25) is 0 Å². The van der Waals surface area contributed by atoms with Crippen LogP contribution in [0.25, 0.3) is 0 Å². The zero-order chi connectivity index (χ0) is 12.1. The van der Waals surface area contributed by atoms with Crippen molar-refractivity contribution >= 4 is 21.6 Å². The molecule has 1 aromatic rings. The fourth-order valence-electron chi connectivity index (χ4n) is 1.62. The minimum Gasteiger partial charge on any atom is -0.380 e. The van der Waals surface area contributed by atoms with Gasteiger partial charge < -0.3 is 10.2 Å². The van der Waals surface area contributed by atoms with Gasteiger partial charge in [-0.25, -0.2) is 0 Å². The van der Waals surface area contributed by atoms with E-state index in [-0.39, 0.29) is 0 Å². The highest BCUT2D eigenvalue weighted by Crippen LogP contribution is 2.24. The Morgan fingerprint density at radius 2 is 2.19 bits per heavy atom. The van der Waals surface area contributed by atoms with Gasteiger partial charge in [0.1, 0.15) is 6.07 Å². The Labute approximate surface area is 105 Å². The highest BCUT2D eigenvalue weighted by Gasteiger charge is 2.09. The smallest absolute Gasteiger partial charge is 0.103 e. The maximum atomic E-state index is 9.06. The maximum absolute atomic E-state index is 9.06. The first kappa shape index (κ1) is 13.0. The predicted octanol–water partition coefficient (Wildman–Crippen LogP) is 2.68. The molecule has 0 aromatic heterocycles. The van der Waals surface area contributed by atoms with Crippen LogP contribution in [-0.4, -0.2) is 31.6 Å². The Morgan fingerprint density at radius 1 is 1.50 bits per heavy atom. The largest absolute Gasteiger partial charge is 0.380 e. The quantitative estimate of drug-likeness (QED) is 0.922. The molecule has 0 aliphatic carbocycles. The Morgan fingerprint density at radius 3 is 2.75 bits per heavy atom. The summed E-state index contributed by atoms with van der Waals surface area (Å²) in [6, 6.07) is 8.23. The third-order valence-electron chi connectivity index (χ3n) is 2.17. The van der Waals surface area contributed by atoms with E-state index in [0.29, 0.717) is 11.6 Å². The molecule has 0 fully saturated rings. The van der Waals surface area contributed by atoms with E-state index in [0.717, 1.165) is 16.7 Å². The molecule has 0 bridgehead atoms. The predicted molar refractivity (Wildman–Crippen MR) is 70.5 cm³/mol. The molecule has 4 heteroatoms. The summed E-state index contributed by atoms with van der Waals surface area (Å²) in [6.45, 7) is 3.03. The molecule has 0 amide bonds. The molecule has 1 aromatic carbocycles. The van der Waals surface area contributed by atoms with Crippen LogP contribution in [-0.2, 0) is 0 Å². The molecule has 0 aliphatic heterocycles. The van der Waals surface area contributed by atoms with Gasteiger partial charge in [0, 0.05) is 17.1 Å². The Balaban J connectivity index is 2.82. The highest BCUT2D eigenvalue weighted by molar-refractivity contribution is 9.10. The van der Waals surface area contributed by atoms with Gasteiger partial charge in [-0.3, -0.25) is 0 Å². The van der Waals surface area contributed by atoms with Gasteiger partial charge >= 0.3 is 0 Å². The van der Waals surface area contributed by atoms with Gasteiger partial charge in [0.05, 0.1) is 11.3 Å². The second-order valence-corrected chi connectivity index (χ2v) is 4.94. The molecule has 1 atom stereocenters. The molecule has 1 N–H and O–H groups in total. The molecule has 0 radical (unpaired) electrons. The van der Waals surface area contributed by atoms with E-state index in [1.165, 1.54) is 0 Å². The van der Waals surface area contributed by atoms with Crippen LogP contribution in [0.15, 0.2) is 22.7 Å². The standard InChI is InChI=1S/C12H16BrN3/c1-9(8-16(2)3)15-12-6-4-5-11(13)10(12)7-14/h4-6,9,15H,8H2,1-3H3. The molecule has 16 heavy (non-hydrogen) atoms. The Hall–Kier alpha value is -1.05. The summed E-state index contributed by atoms with van der Waals surface area (Å²) in [6.07, 6.45) is 0. The van der Waals surface area contributed by atoms with Crippen LogP contribution in [0.5, 0.6) is 0 Å². The lowest BCUT2D eigenvalue weighted by atomic mass is 10.2. The van der Waals surface area contributed by atoms with Crippen molar-refractivity contribution in [3.8, 4) is 6.07 Å². The molecule has 86 valence electrons. The van der Waals surface area contributed by atoms with E-state index >= 15 is 0 Å². The van der Waals surface area contributed by atoms with Gasteiger partial charge in [-0.05, 0) is 49.1 Å². The fourth-order valence-corrected chi connectivity index (χ4v) is 2.07. The van der Waals surface area contributed by atoms with Crippen LogP contribution in [0.3, 0.4) is 0 Å². The summed E-state index contributed by atoms with van der Waals surface area (Å²) < 4.78 is 0.831. The molecule has 3 nitrogen and oxygen atoms in total. The summed E-state index contributed by atoms with van der Waals surface area (Å²) in [7, 11) is 4.06. The zero-order valence-corrected chi connectivity index (χ0v) is 11.4. The lowest BCUT2D eigenvalue weighted by Crippen LogP contribution is -2.29. The topological polar surface area (TPSA) is 39.1 Å². The van der Waals surface area contributed by atoms with Crippen molar-refractivity contribution in [2.75, 3.05) is 26.0 Å². The average molecular weight is 282 g/mol. The molecular formula is C12H16BrN3. The molecular weight excluding hydrogens is 266 g/mol. The van der Waals surface area contributed by atoms with Crippen LogP contribution in [0.2, 0.25) is 0 Å². The fraction of sp³-hybridized carbons (Fsp3) is 0.417. The number of anilines is 1. The summed E-state index contributed by atoms with van der Waals surface area (Å²) in [4.78, 5) is 2.11. The van der Waals surface area contributed by atoms with Crippen LogP contribution >= 0.6 is 15.9 Å². The number of likely N-dealkylation sites (N-methyl/N-ethyl adjacent to an activating group) is 1. The first-order valence-corrected chi connectivity index (χ1v) is 5.93. The van der Waals surface area contributed by atoms with E-state index in [2.05, 4.69) is 39.1 Å². The number of nitriles is 1. The van der Waals surface area contributed by atoms with Gasteiger partial charge in [-0.2, -0.15) is 5.26 Å². The summed E-state index contributed by atoms with van der Waals surface area (Å²) in [5.41, 5.74) is 1.54. The average Bonchev–Trinajstić information content (AvgIpc) is 2.16. The Bertz CT molecular complexity index is 396. The van der Waals surface area contributed by atoms with E-state index < -0.39 is 0 Å². The normalized spacial score (nSPS) is 12.2. The molecule has 0 aliphatic rings. The van der Waals surface area contributed by atoms with Gasteiger partial charge in [0.25, 0.3) is 0 Å². The molecule has 0 spiro atoms. The van der Waals surface area contributed by atoms with Crippen molar-refractivity contribution in [2.45, 2.75) is 13.0 Å². The number of nitrogens with one attached hydrogen (secondary N) is 1. The third-order valence-corrected chi connectivity index (χ3v) is 2.83. The number of nitrogens with zero attached hydrogens (tertiary/aromatic N) is 2. The first-order chi connectivity index (χ1) is 7.54. The number of benzene rings is 1. The molecule has 1 rings (SSSR count). The molecule has 0 saturated heterocycles. The second-order valence-electron chi connectivity index (χ2n) is 4.08. The third kappa shape index (κ3) is 3.51. The zero-order valence-electron chi connectivity index (χ0n) is 9.79. The summed E-state index contributed by atoms with van der Waals surface area (Å²) in [5.74, 6) is 0. The number of rotatable bonds is 4. The van der Waals surface area contributed by atoms with Gasteiger partial charge in [0.15, 0.2) is 0 Å². The van der Waals surface area contributed by atoms with Crippen molar-refractivity contribution in [2.24, 2.45) is 0 Å². The molecule has 0 saturated carbocycles. The van der Waals surface area contributed by atoms with Crippen LogP contribution < -0.4 is 5.32 Å². The van der Waals surface area contributed by atoms with Crippen LogP contribution in [0.1, 0.15) is 12.5 Å². The van der Waals surface area contributed by atoms with E-state index in [9.17, 15) is 0 Å². The van der Waals surface area contributed by atoms with Gasteiger partial charge in [-0.1, -0.05) is 6.07 Å². The maximum Gasteiger partial charge on any atom is 0.103 e. The van der Waals surface area contributed by atoms with Crippen molar-refractivity contribution in [3.63, 3.8) is 0 Å². The van der Waals surface area contributed by atoms with E-state index in [1.54, 1.807) is 0 Å². The van der Waals surface area contributed by atoms with E-state index in [1.807, 2.05) is 32.3 Å². The van der Waals surface area contributed by atoms with Crippen LogP contribution in [0, 0.1) is 11.3 Å². The first-order valence-electron chi connectivity index (χ1n) is 5.14. The number of hydrogen-bond donors (Lipinski definition) is 1. The molecule has 1 unspecified atom stereocenters. The minimum atomic E-state index is 0.302. The Kier molecular flexibility index (Phi) is 4.78. The SMILES string of the molecule is CC(CN(C)C)Nc1cccc(Br)c1C#N. The van der Waals surface area contributed by atoms with Crippen molar-refractivity contribution < 1.29 is 0 Å². The lowest BCUT2D eigenvalue weighted by molar-refractivity contribution is 0.392. The number of hydrogen-bond acceptors (Lipinski definition) is 3. The highest BCUT2D eigenvalue weighted by atomic mass is 79.9. The van der Waals surface area contributed by atoms with Gasteiger partial charge in [-0.15, -0.1) is 0 Å². The summed E-state index contributed by atoms with van der Waals surface area (Å²) >= 11 is 3.38. The summed E-state index contributed by atoms with van der Waals surface area (Å²) in [5, 5.41) is 12.4. The molecule has 0 heterocycles. The van der Waals surface area contributed by atoms with E-state index in [4.69, 9.17) is 5.26 Å². The van der Waals surface area contributed by atoms with Crippen LogP contribution in [0.4, 0.5) is 5.69 Å². The van der Waals surface area contributed by atoms with Crippen molar-refractivity contribution in [3.05, 3.63) is 28.2 Å². The minimum absolute atomic E-state index is 0.302. The van der Waals surface area contributed by atoms with Crippen molar-refractivity contribution in [1.29, 1.82) is 5.26 Å². The second kappa shape index (κ2) is 5.88. The monoisotopic (exact) mass is 281 g/mol. The number of halogens is 1. The van der Waals surface area contributed by atoms with Crippen molar-refractivity contribution in [1.82, 2.24) is 4.90 Å². The lowest BCUT2D eigenvalue weighted by Gasteiger charge is -2.20.